The second kappa shape index (κ2) is 11.2. The van der Waals surface area contributed by atoms with Crippen LogP contribution in [0.25, 0.3) is 0 Å². The van der Waals surface area contributed by atoms with E-state index in [9.17, 15) is 27.6 Å². The summed E-state index contributed by atoms with van der Waals surface area (Å²) in [5, 5.41) is 7.63. The maximum atomic E-state index is 12.9. The molecule has 1 fully saturated rings. The van der Waals surface area contributed by atoms with Crippen molar-refractivity contribution in [2.24, 2.45) is 5.73 Å². The minimum Gasteiger partial charge on any atom is -0.495 e. The first kappa shape index (κ1) is 26.6. The third-order valence-electron chi connectivity index (χ3n) is 5.60. The molecule has 0 aliphatic carbocycles. The summed E-state index contributed by atoms with van der Waals surface area (Å²) in [7, 11) is 1.48. The lowest BCUT2D eigenvalue weighted by atomic mass is 10.1. The minimum absolute atomic E-state index is 0.125. The molecule has 1 aliphatic rings. The van der Waals surface area contributed by atoms with E-state index in [1.165, 1.54) is 7.11 Å². The number of likely N-dealkylation sites (tertiary alicyclic amines) is 1. The fraction of sp³-hybridized carbons (Fsp3) is 0.348. The third kappa shape index (κ3) is 7.01. The summed E-state index contributed by atoms with van der Waals surface area (Å²) in [6, 6.07) is 6.88. The number of hydrogen-bond acceptors (Lipinski definition) is 6. The van der Waals surface area contributed by atoms with E-state index in [4.69, 9.17) is 16.2 Å². The molecule has 2 aromatic carbocycles. The molecule has 1 aliphatic heterocycles. The molecule has 0 spiro atoms. The summed E-state index contributed by atoms with van der Waals surface area (Å²) < 4.78 is 43.9. The van der Waals surface area contributed by atoms with Gasteiger partial charge in [0.15, 0.2) is 0 Å². The number of methoxy groups -OCH3 is 1. The Morgan fingerprint density at radius 1 is 1.17 bits per heavy atom. The van der Waals surface area contributed by atoms with Gasteiger partial charge in [0.1, 0.15) is 5.75 Å². The second-order valence-electron chi connectivity index (χ2n) is 8.29. The molecule has 0 aromatic heterocycles. The summed E-state index contributed by atoms with van der Waals surface area (Å²) >= 11 is 0. The number of carbonyl (C=O) groups is 3. The highest BCUT2D eigenvalue weighted by atomic mass is 19.4. The number of anilines is 2. The molecule has 10 nitrogen and oxygen atoms in total. The Labute approximate surface area is 205 Å². The number of primary amides is 1. The number of amides is 4. The molecule has 0 saturated carbocycles. The summed E-state index contributed by atoms with van der Waals surface area (Å²) in [5.74, 6) is -0.877. The van der Waals surface area contributed by atoms with Crippen molar-refractivity contribution in [1.82, 2.24) is 15.5 Å². The second-order valence-corrected chi connectivity index (χ2v) is 8.29. The number of alkyl halides is 3. The van der Waals surface area contributed by atoms with Gasteiger partial charge in [-0.05, 0) is 42.3 Å². The average Bonchev–Trinajstić information content (AvgIpc) is 3.23. The van der Waals surface area contributed by atoms with E-state index >= 15 is 0 Å². The van der Waals surface area contributed by atoms with Crippen molar-refractivity contribution in [2.75, 3.05) is 37.8 Å². The van der Waals surface area contributed by atoms with Crippen LogP contribution in [-0.4, -0.2) is 55.5 Å². The van der Waals surface area contributed by atoms with Gasteiger partial charge in [0.05, 0.1) is 30.5 Å². The molecule has 1 unspecified atom stereocenters. The lowest BCUT2D eigenvalue weighted by molar-refractivity contribution is -0.137. The van der Waals surface area contributed by atoms with Gasteiger partial charge in [-0.1, -0.05) is 6.07 Å². The van der Waals surface area contributed by atoms with Gasteiger partial charge in [0, 0.05) is 31.4 Å². The standard InChI is InChI=1S/C23H27F3N6O4/c1-36-19-5-2-13(8-18(19)31-22(28)35)11-32-7-6-15(12-32)30-20(33)10-29-21(34)16-9-14(23(24,25)26)3-4-17(16)27/h2-5,8-9,15H,6-7,10-12,27H2,1H3,(H,29,34)(H,30,33)(H3,28,31,35). The van der Waals surface area contributed by atoms with Crippen LogP contribution in [0.15, 0.2) is 36.4 Å². The van der Waals surface area contributed by atoms with E-state index in [1.54, 1.807) is 12.1 Å². The highest BCUT2D eigenvalue weighted by molar-refractivity contribution is 6.00. The molecule has 194 valence electrons. The molecule has 1 heterocycles. The zero-order chi connectivity index (χ0) is 26.5. The molecule has 0 bridgehead atoms. The molecule has 1 saturated heterocycles. The lowest BCUT2D eigenvalue weighted by Crippen LogP contribution is -2.43. The van der Waals surface area contributed by atoms with Gasteiger partial charge in [-0.25, -0.2) is 4.79 Å². The maximum Gasteiger partial charge on any atom is 0.416 e. The molecule has 0 radical (unpaired) electrons. The number of nitrogens with zero attached hydrogens (tertiary/aromatic N) is 1. The van der Waals surface area contributed by atoms with Crippen LogP contribution in [0.4, 0.5) is 29.3 Å². The van der Waals surface area contributed by atoms with E-state index in [0.717, 1.165) is 17.7 Å². The topological polar surface area (TPSA) is 152 Å². The van der Waals surface area contributed by atoms with Gasteiger partial charge >= 0.3 is 12.2 Å². The Bertz CT molecular complexity index is 1140. The molecule has 7 N–H and O–H groups in total. The minimum atomic E-state index is -4.62. The maximum absolute atomic E-state index is 12.9. The fourth-order valence-electron chi connectivity index (χ4n) is 3.90. The highest BCUT2D eigenvalue weighted by Crippen LogP contribution is 2.31. The Hall–Kier alpha value is -4.00. The van der Waals surface area contributed by atoms with Crippen molar-refractivity contribution in [2.45, 2.75) is 25.2 Å². The van der Waals surface area contributed by atoms with Gasteiger partial charge < -0.3 is 32.2 Å². The summed E-state index contributed by atoms with van der Waals surface area (Å²) in [5.41, 5.74) is 10.7. The van der Waals surface area contributed by atoms with Crippen LogP contribution >= 0.6 is 0 Å². The first-order valence-electron chi connectivity index (χ1n) is 11.0. The number of halogens is 3. The first-order chi connectivity index (χ1) is 17.0. The van der Waals surface area contributed by atoms with Crippen molar-refractivity contribution in [3.8, 4) is 5.75 Å². The summed E-state index contributed by atoms with van der Waals surface area (Å²) in [6.45, 7) is 1.38. The molecule has 1 atom stereocenters. The molecule has 36 heavy (non-hydrogen) atoms. The largest absolute Gasteiger partial charge is 0.495 e. The van der Waals surface area contributed by atoms with Gasteiger partial charge in [0.25, 0.3) is 5.91 Å². The van der Waals surface area contributed by atoms with Crippen LogP contribution in [0, 0.1) is 0 Å². The van der Waals surface area contributed by atoms with Crippen molar-refractivity contribution >= 4 is 29.2 Å². The van der Waals surface area contributed by atoms with E-state index in [-0.39, 0.29) is 17.3 Å². The first-order valence-corrected chi connectivity index (χ1v) is 11.0. The normalized spacial score (nSPS) is 15.8. The van der Waals surface area contributed by atoms with Crippen LogP contribution in [-0.2, 0) is 17.5 Å². The van der Waals surface area contributed by atoms with Gasteiger partial charge in [-0.15, -0.1) is 0 Å². The quantitative estimate of drug-likeness (QED) is 0.344. The Balaban J connectivity index is 1.50. The van der Waals surface area contributed by atoms with Gasteiger partial charge in [-0.2, -0.15) is 13.2 Å². The average molecular weight is 509 g/mol. The zero-order valence-corrected chi connectivity index (χ0v) is 19.4. The molecule has 3 rings (SSSR count). The number of urea groups is 1. The smallest absolute Gasteiger partial charge is 0.416 e. The number of nitrogens with two attached hydrogens (primary N) is 2. The van der Waals surface area contributed by atoms with Crippen molar-refractivity contribution < 1.29 is 32.3 Å². The van der Waals surface area contributed by atoms with Gasteiger partial charge in [0.2, 0.25) is 5.91 Å². The number of nitrogens with one attached hydrogen (secondary N) is 3. The van der Waals surface area contributed by atoms with Crippen LogP contribution in [0.3, 0.4) is 0 Å². The van der Waals surface area contributed by atoms with E-state index in [1.807, 2.05) is 6.07 Å². The number of rotatable bonds is 8. The van der Waals surface area contributed by atoms with Crippen LogP contribution in [0.1, 0.15) is 27.9 Å². The lowest BCUT2D eigenvalue weighted by Gasteiger charge is -2.18. The van der Waals surface area contributed by atoms with Crippen molar-refractivity contribution in [3.05, 3.63) is 53.1 Å². The highest BCUT2D eigenvalue weighted by Gasteiger charge is 2.31. The van der Waals surface area contributed by atoms with E-state index in [0.29, 0.717) is 43.6 Å². The van der Waals surface area contributed by atoms with Gasteiger partial charge in [-0.3, -0.25) is 14.5 Å². The van der Waals surface area contributed by atoms with Crippen LogP contribution in [0.5, 0.6) is 5.75 Å². The molecular weight excluding hydrogens is 481 g/mol. The third-order valence-corrected chi connectivity index (χ3v) is 5.60. The fourth-order valence-corrected chi connectivity index (χ4v) is 3.90. The molecule has 2 aromatic rings. The monoisotopic (exact) mass is 508 g/mol. The Morgan fingerprint density at radius 2 is 1.92 bits per heavy atom. The molecular formula is C23H27F3N6O4. The number of ether oxygens (including phenoxy) is 1. The number of hydrogen-bond donors (Lipinski definition) is 5. The Morgan fingerprint density at radius 3 is 2.58 bits per heavy atom. The Kier molecular flexibility index (Phi) is 8.25. The number of benzene rings is 2. The van der Waals surface area contributed by atoms with E-state index in [2.05, 4.69) is 20.9 Å². The van der Waals surface area contributed by atoms with E-state index < -0.39 is 36.1 Å². The predicted molar refractivity (Wildman–Crippen MR) is 126 cm³/mol. The zero-order valence-electron chi connectivity index (χ0n) is 19.4. The van der Waals surface area contributed by atoms with Crippen LogP contribution in [0.2, 0.25) is 0 Å². The number of carbonyl (C=O) groups excluding carboxylic acids is 3. The number of nitrogen functional groups attached to an aromatic ring is 1. The summed E-state index contributed by atoms with van der Waals surface area (Å²) in [6.07, 6.45) is -3.96. The SMILES string of the molecule is COc1ccc(CN2CCC(NC(=O)CNC(=O)c3cc(C(F)(F)F)ccc3N)C2)cc1NC(N)=O. The van der Waals surface area contributed by atoms with Crippen molar-refractivity contribution in [3.63, 3.8) is 0 Å². The molecule has 13 heteroatoms. The van der Waals surface area contributed by atoms with Crippen LogP contribution < -0.4 is 32.2 Å². The predicted octanol–water partition coefficient (Wildman–Crippen LogP) is 1.91. The summed E-state index contributed by atoms with van der Waals surface area (Å²) in [4.78, 5) is 37.9. The molecule has 4 amide bonds. The van der Waals surface area contributed by atoms with Crippen molar-refractivity contribution in [1.29, 1.82) is 0 Å².